The van der Waals surface area contributed by atoms with Crippen molar-refractivity contribution in [3.63, 3.8) is 0 Å². The monoisotopic (exact) mass is 434 g/mol. The number of hydrogen-bond donors (Lipinski definition) is 1. The summed E-state index contributed by atoms with van der Waals surface area (Å²) in [5.41, 5.74) is 0.854. The molecule has 0 aliphatic rings. The fraction of sp³-hybridized carbons (Fsp3) is 0.364. The van der Waals surface area contributed by atoms with E-state index >= 15 is 0 Å². The van der Waals surface area contributed by atoms with E-state index in [0.29, 0.717) is 28.8 Å². The lowest BCUT2D eigenvalue weighted by Crippen LogP contribution is -2.49. The standard InChI is InChI=1S/C22H27ClN2O5/c1-5-24-22(27)15(2)25(13-16-6-8-17(23)9-7-16)21(26)14-30-20-11-18(28-3)10-19(12-20)29-4/h6-12,15H,5,13-14H2,1-4H3,(H,24,27)/t15-/m0/s1. The summed E-state index contributed by atoms with van der Waals surface area (Å²) in [5.74, 6) is 0.959. The summed E-state index contributed by atoms with van der Waals surface area (Å²) in [6.07, 6.45) is 0. The molecule has 0 radical (unpaired) electrons. The van der Waals surface area contributed by atoms with E-state index in [4.69, 9.17) is 25.8 Å². The largest absolute Gasteiger partial charge is 0.496 e. The first-order valence-corrected chi connectivity index (χ1v) is 9.93. The van der Waals surface area contributed by atoms with Gasteiger partial charge in [0.2, 0.25) is 5.91 Å². The highest BCUT2D eigenvalue weighted by atomic mass is 35.5. The van der Waals surface area contributed by atoms with E-state index in [1.54, 1.807) is 37.3 Å². The first-order chi connectivity index (χ1) is 14.4. The Hall–Kier alpha value is -2.93. The molecule has 2 aromatic carbocycles. The van der Waals surface area contributed by atoms with Gasteiger partial charge in [-0.1, -0.05) is 23.7 Å². The van der Waals surface area contributed by atoms with Crippen molar-refractivity contribution in [1.82, 2.24) is 10.2 Å². The van der Waals surface area contributed by atoms with E-state index < -0.39 is 6.04 Å². The quantitative estimate of drug-likeness (QED) is 0.621. The Kier molecular flexibility index (Phi) is 8.80. The highest BCUT2D eigenvalue weighted by molar-refractivity contribution is 6.30. The summed E-state index contributed by atoms with van der Waals surface area (Å²) in [7, 11) is 3.07. The SMILES string of the molecule is CCNC(=O)[C@H](C)N(Cc1ccc(Cl)cc1)C(=O)COc1cc(OC)cc(OC)c1. The molecular formula is C22H27ClN2O5. The third-order valence-electron chi connectivity index (χ3n) is 4.47. The number of nitrogens with zero attached hydrogens (tertiary/aromatic N) is 1. The Morgan fingerprint density at radius 3 is 2.13 bits per heavy atom. The molecule has 0 saturated heterocycles. The number of amides is 2. The number of hydrogen-bond acceptors (Lipinski definition) is 5. The molecule has 1 atom stereocenters. The lowest BCUT2D eigenvalue weighted by Gasteiger charge is -2.28. The van der Waals surface area contributed by atoms with Gasteiger partial charge in [0.05, 0.1) is 14.2 Å². The Labute approximate surface area is 181 Å². The van der Waals surface area contributed by atoms with Crippen LogP contribution < -0.4 is 19.5 Å². The van der Waals surface area contributed by atoms with Crippen LogP contribution in [0.4, 0.5) is 0 Å². The molecule has 1 N–H and O–H groups in total. The molecule has 2 aromatic rings. The molecule has 0 heterocycles. The lowest BCUT2D eigenvalue weighted by molar-refractivity contribution is -0.142. The van der Waals surface area contributed by atoms with Crippen molar-refractivity contribution in [1.29, 1.82) is 0 Å². The van der Waals surface area contributed by atoms with Gasteiger partial charge < -0.3 is 24.4 Å². The molecule has 0 spiro atoms. The minimum absolute atomic E-state index is 0.233. The average Bonchev–Trinajstić information content (AvgIpc) is 2.76. The van der Waals surface area contributed by atoms with Gasteiger partial charge in [-0.3, -0.25) is 9.59 Å². The predicted octanol–water partition coefficient (Wildman–Crippen LogP) is 3.29. The fourth-order valence-electron chi connectivity index (χ4n) is 2.78. The van der Waals surface area contributed by atoms with Gasteiger partial charge in [-0.05, 0) is 31.5 Å². The molecule has 2 amide bonds. The van der Waals surface area contributed by atoms with Crippen LogP contribution in [0, 0.1) is 0 Å². The molecule has 7 nitrogen and oxygen atoms in total. The zero-order valence-electron chi connectivity index (χ0n) is 17.6. The number of likely N-dealkylation sites (N-methyl/N-ethyl adjacent to an activating group) is 1. The van der Waals surface area contributed by atoms with Crippen LogP contribution in [0.25, 0.3) is 0 Å². The Bertz CT molecular complexity index is 835. The van der Waals surface area contributed by atoms with Crippen LogP contribution >= 0.6 is 11.6 Å². The van der Waals surface area contributed by atoms with Gasteiger partial charge in [-0.15, -0.1) is 0 Å². The van der Waals surface area contributed by atoms with E-state index in [0.717, 1.165) is 5.56 Å². The smallest absolute Gasteiger partial charge is 0.261 e. The average molecular weight is 435 g/mol. The van der Waals surface area contributed by atoms with Crippen molar-refractivity contribution >= 4 is 23.4 Å². The molecule has 0 aliphatic carbocycles. The van der Waals surface area contributed by atoms with E-state index in [1.807, 2.05) is 19.1 Å². The molecule has 162 valence electrons. The molecular weight excluding hydrogens is 408 g/mol. The zero-order chi connectivity index (χ0) is 22.1. The van der Waals surface area contributed by atoms with E-state index in [-0.39, 0.29) is 25.0 Å². The van der Waals surface area contributed by atoms with Gasteiger partial charge in [0.25, 0.3) is 5.91 Å². The maximum absolute atomic E-state index is 13.0. The van der Waals surface area contributed by atoms with Crippen molar-refractivity contribution < 1.29 is 23.8 Å². The number of halogens is 1. The normalized spacial score (nSPS) is 11.4. The fourth-order valence-corrected chi connectivity index (χ4v) is 2.91. The summed E-state index contributed by atoms with van der Waals surface area (Å²) in [6, 6.07) is 11.5. The van der Waals surface area contributed by atoms with E-state index in [1.165, 1.54) is 19.1 Å². The summed E-state index contributed by atoms with van der Waals surface area (Å²) in [5, 5.41) is 3.35. The molecule has 2 rings (SSSR count). The van der Waals surface area contributed by atoms with Crippen LogP contribution in [0.1, 0.15) is 19.4 Å². The van der Waals surface area contributed by atoms with Crippen LogP contribution in [0.15, 0.2) is 42.5 Å². The molecule has 8 heteroatoms. The van der Waals surface area contributed by atoms with Crippen molar-refractivity contribution in [2.24, 2.45) is 0 Å². The molecule has 30 heavy (non-hydrogen) atoms. The Morgan fingerprint density at radius 2 is 1.60 bits per heavy atom. The highest BCUT2D eigenvalue weighted by Crippen LogP contribution is 2.27. The minimum atomic E-state index is -0.670. The maximum Gasteiger partial charge on any atom is 0.261 e. The number of benzene rings is 2. The third-order valence-corrected chi connectivity index (χ3v) is 4.72. The number of carbonyl (C=O) groups excluding carboxylic acids is 2. The van der Waals surface area contributed by atoms with Gasteiger partial charge in [0.1, 0.15) is 23.3 Å². The summed E-state index contributed by atoms with van der Waals surface area (Å²) >= 11 is 5.95. The van der Waals surface area contributed by atoms with Gasteiger partial charge in [-0.25, -0.2) is 0 Å². The second-order valence-corrected chi connectivity index (χ2v) is 6.99. The number of methoxy groups -OCH3 is 2. The molecule has 0 bridgehead atoms. The number of nitrogens with one attached hydrogen (secondary N) is 1. The van der Waals surface area contributed by atoms with Crippen molar-refractivity contribution in [3.8, 4) is 17.2 Å². The topological polar surface area (TPSA) is 77.1 Å². The van der Waals surface area contributed by atoms with Crippen LogP contribution in [-0.4, -0.2) is 50.1 Å². The van der Waals surface area contributed by atoms with Crippen molar-refractivity contribution in [3.05, 3.63) is 53.1 Å². The summed E-state index contributed by atoms with van der Waals surface area (Å²) < 4.78 is 16.1. The number of carbonyl (C=O) groups is 2. The van der Waals surface area contributed by atoms with Gasteiger partial charge >= 0.3 is 0 Å². The van der Waals surface area contributed by atoms with E-state index in [9.17, 15) is 9.59 Å². The first kappa shape index (κ1) is 23.3. The van der Waals surface area contributed by atoms with Crippen LogP contribution in [0.3, 0.4) is 0 Å². The summed E-state index contributed by atoms with van der Waals surface area (Å²) in [6.45, 7) is 4.00. The van der Waals surface area contributed by atoms with Crippen molar-refractivity contribution in [2.45, 2.75) is 26.4 Å². The molecule has 0 saturated carbocycles. The van der Waals surface area contributed by atoms with Crippen LogP contribution in [0.2, 0.25) is 5.02 Å². The maximum atomic E-state index is 13.0. The molecule has 0 aliphatic heterocycles. The summed E-state index contributed by atoms with van der Waals surface area (Å²) in [4.78, 5) is 26.8. The second-order valence-electron chi connectivity index (χ2n) is 6.56. The number of ether oxygens (including phenoxy) is 3. The van der Waals surface area contributed by atoms with E-state index in [2.05, 4.69) is 5.32 Å². The Morgan fingerprint density at radius 1 is 1.03 bits per heavy atom. The minimum Gasteiger partial charge on any atom is -0.496 e. The number of rotatable bonds is 10. The van der Waals surface area contributed by atoms with Gasteiger partial charge in [-0.2, -0.15) is 0 Å². The zero-order valence-corrected chi connectivity index (χ0v) is 18.4. The van der Waals surface area contributed by atoms with Gasteiger partial charge in [0.15, 0.2) is 6.61 Å². The predicted molar refractivity (Wildman–Crippen MR) is 115 cm³/mol. The van der Waals surface area contributed by atoms with Gasteiger partial charge in [0, 0.05) is 36.3 Å². The van der Waals surface area contributed by atoms with Crippen molar-refractivity contribution in [2.75, 3.05) is 27.4 Å². The Balaban J connectivity index is 2.17. The highest BCUT2D eigenvalue weighted by Gasteiger charge is 2.26. The van der Waals surface area contributed by atoms with Crippen LogP contribution in [-0.2, 0) is 16.1 Å². The second kappa shape index (κ2) is 11.3. The molecule has 0 unspecified atom stereocenters. The molecule has 0 aromatic heterocycles. The van der Waals surface area contributed by atoms with Crippen LogP contribution in [0.5, 0.6) is 17.2 Å². The third kappa shape index (κ3) is 6.56. The lowest BCUT2D eigenvalue weighted by atomic mass is 10.1. The first-order valence-electron chi connectivity index (χ1n) is 9.55. The molecule has 0 fully saturated rings.